The minimum Gasteiger partial charge on any atom is -0.508 e. The number of carbonyl (C=O) groups is 1. The fraction of sp³-hybridized carbons (Fsp3) is 0.500. The molecule has 1 unspecified atom stereocenters. The minimum atomic E-state index is -0.0747. The molecule has 2 rings (SSSR count). The third-order valence-electron chi connectivity index (χ3n) is 3.23. The quantitative estimate of drug-likeness (QED) is 0.626. The zero-order chi connectivity index (χ0) is 13.8. The molecule has 1 aromatic carbocycles. The number of aromatic hydroxyl groups is 2. The summed E-state index contributed by atoms with van der Waals surface area (Å²) in [7, 11) is 0. The Morgan fingerprint density at radius 3 is 2.79 bits per heavy atom. The van der Waals surface area contributed by atoms with E-state index in [4.69, 9.17) is 0 Å². The predicted molar refractivity (Wildman–Crippen MR) is 72.0 cm³/mol. The second-order valence-corrected chi connectivity index (χ2v) is 5.01. The summed E-state index contributed by atoms with van der Waals surface area (Å²) >= 11 is 0. The highest BCUT2D eigenvalue weighted by molar-refractivity contribution is 5.76. The molecule has 1 saturated carbocycles. The van der Waals surface area contributed by atoms with Gasteiger partial charge in [0.25, 0.3) is 0 Å². The van der Waals surface area contributed by atoms with Gasteiger partial charge in [-0.25, -0.2) is 0 Å². The third-order valence-corrected chi connectivity index (χ3v) is 3.23. The zero-order valence-electron chi connectivity index (χ0n) is 11.0. The molecule has 4 N–H and O–H groups in total. The van der Waals surface area contributed by atoms with Crippen molar-refractivity contribution in [2.45, 2.75) is 38.3 Å². The van der Waals surface area contributed by atoms with Gasteiger partial charge in [0.1, 0.15) is 11.5 Å². The molecular weight excluding hydrogens is 244 g/mol. The fourth-order valence-corrected chi connectivity index (χ4v) is 1.94. The van der Waals surface area contributed by atoms with Crippen molar-refractivity contribution in [3.63, 3.8) is 0 Å². The first-order chi connectivity index (χ1) is 9.06. The molecule has 5 nitrogen and oxygen atoms in total. The van der Waals surface area contributed by atoms with Crippen LogP contribution < -0.4 is 10.6 Å². The summed E-state index contributed by atoms with van der Waals surface area (Å²) in [6.07, 6.45) is 2.62. The van der Waals surface area contributed by atoms with E-state index < -0.39 is 0 Å². The van der Waals surface area contributed by atoms with E-state index >= 15 is 0 Å². The molecule has 1 atom stereocenters. The number of hydrogen-bond donors (Lipinski definition) is 4. The maximum atomic E-state index is 11.5. The molecule has 0 aliphatic heterocycles. The van der Waals surface area contributed by atoms with Crippen LogP contribution >= 0.6 is 0 Å². The van der Waals surface area contributed by atoms with Gasteiger partial charge in [-0.1, -0.05) is 6.07 Å². The van der Waals surface area contributed by atoms with Gasteiger partial charge in [-0.3, -0.25) is 4.79 Å². The number of hydrogen-bond acceptors (Lipinski definition) is 4. The molecule has 1 amide bonds. The van der Waals surface area contributed by atoms with Gasteiger partial charge in [-0.05, 0) is 25.8 Å². The number of nitrogens with one attached hydrogen (secondary N) is 2. The molecule has 0 aromatic heterocycles. The van der Waals surface area contributed by atoms with Crippen LogP contribution in [0.25, 0.3) is 0 Å². The van der Waals surface area contributed by atoms with Crippen molar-refractivity contribution in [2.75, 3.05) is 6.54 Å². The summed E-state index contributed by atoms with van der Waals surface area (Å²) in [6.45, 7) is 2.46. The molecule has 1 aliphatic rings. The SMILES string of the molecule is CC(NCCC(=O)NC1CC1)c1ccc(O)cc1O. The fourth-order valence-electron chi connectivity index (χ4n) is 1.94. The Hall–Kier alpha value is -1.75. The highest BCUT2D eigenvalue weighted by Crippen LogP contribution is 2.27. The number of carbonyl (C=O) groups excluding carboxylic acids is 1. The maximum Gasteiger partial charge on any atom is 0.221 e. The Labute approximate surface area is 112 Å². The molecule has 1 aromatic rings. The van der Waals surface area contributed by atoms with Gasteiger partial charge in [-0.2, -0.15) is 0 Å². The molecule has 0 bridgehead atoms. The summed E-state index contributed by atoms with van der Waals surface area (Å²) in [6, 6.07) is 4.84. The normalized spacial score (nSPS) is 16.1. The second-order valence-electron chi connectivity index (χ2n) is 5.01. The zero-order valence-corrected chi connectivity index (χ0v) is 11.0. The van der Waals surface area contributed by atoms with E-state index in [0.29, 0.717) is 24.6 Å². The average Bonchev–Trinajstić information content (AvgIpc) is 3.12. The van der Waals surface area contributed by atoms with Crippen molar-refractivity contribution in [1.29, 1.82) is 0 Å². The van der Waals surface area contributed by atoms with Crippen molar-refractivity contribution >= 4 is 5.91 Å². The van der Waals surface area contributed by atoms with Crippen LogP contribution in [0.15, 0.2) is 18.2 Å². The predicted octanol–water partition coefficient (Wildman–Crippen LogP) is 1.42. The molecule has 0 radical (unpaired) electrons. The third kappa shape index (κ3) is 4.13. The van der Waals surface area contributed by atoms with E-state index in [2.05, 4.69) is 10.6 Å². The van der Waals surface area contributed by atoms with Gasteiger partial charge in [0, 0.05) is 36.7 Å². The van der Waals surface area contributed by atoms with Crippen LogP contribution in [0.2, 0.25) is 0 Å². The summed E-state index contributed by atoms with van der Waals surface area (Å²) < 4.78 is 0. The Morgan fingerprint density at radius 2 is 2.16 bits per heavy atom. The minimum absolute atomic E-state index is 0.0391. The van der Waals surface area contributed by atoms with Crippen LogP contribution in [0.3, 0.4) is 0 Å². The second kappa shape index (κ2) is 5.93. The Bertz CT molecular complexity index is 458. The molecule has 0 heterocycles. The van der Waals surface area contributed by atoms with Crippen LogP contribution in [-0.2, 0) is 4.79 Å². The highest BCUT2D eigenvalue weighted by Gasteiger charge is 2.22. The first-order valence-electron chi connectivity index (χ1n) is 6.61. The molecular formula is C14H20N2O3. The number of phenols is 2. The first-order valence-corrected chi connectivity index (χ1v) is 6.61. The smallest absolute Gasteiger partial charge is 0.221 e. The monoisotopic (exact) mass is 264 g/mol. The summed E-state index contributed by atoms with van der Waals surface area (Å²) in [4.78, 5) is 11.5. The van der Waals surface area contributed by atoms with Crippen LogP contribution in [0.5, 0.6) is 11.5 Å². The first kappa shape index (κ1) is 13.7. The van der Waals surface area contributed by atoms with Crippen LogP contribution in [0, 0.1) is 0 Å². The van der Waals surface area contributed by atoms with E-state index in [0.717, 1.165) is 12.8 Å². The van der Waals surface area contributed by atoms with E-state index in [1.54, 1.807) is 6.07 Å². The largest absolute Gasteiger partial charge is 0.508 e. The number of rotatable bonds is 6. The van der Waals surface area contributed by atoms with Crippen LogP contribution in [0.4, 0.5) is 0 Å². The number of amides is 1. The Morgan fingerprint density at radius 1 is 1.42 bits per heavy atom. The lowest BCUT2D eigenvalue weighted by molar-refractivity contribution is -0.121. The van der Waals surface area contributed by atoms with Gasteiger partial charge in [0.2, 0.25) is 5.91 Å². The van der Waals surface area contributed by atoms with Gasteiger partial charge in [0.15, 0.2) is 0 Å². The molecule has 5 heteroatoms. The van der Waals surface area contributed by atoms with Crippen molar-refractivity contribution in [3.8, 4) is 11.5 Å². The van der Waals surface area contributed by atoms with Gasteiger partial charge < -0.3 is 20.8 Å². The van der Waals surface area contributed by atoms with E-state index in [9.17, 15) is 15.0 Å². The van der Waals surface area contributed by atoms with E-state index in [-0.39, 0.29) is 23.4 Å². The van der Waals surface area contributed by atoms with Gasteiger partial charge in [-0.15, -0.1) is 0 Å². The van der Waals surface area contributed by atoms with Crippen molar-refractivity contribution in [3.05, 3.63) is 23.8 Å². The lowest BCUT2D eigenvalue weighted by Gasteiger charge is -2.15. The molecule has 1 fully saturated rings. The number of phenolic OH excluding ortho intramolecular Hbond substituents is 2. The average molecular weight is 264 g/mol. The summed E-state index contributed by atoms with van der Waals surface area (Å²) in [5.74, 6) is 0.164. The standard InChI is InChI=1S/C14H20N2O3/c1-9(12-5-4-11(17)8-13(12)18)15-7-6-14(19)16-10-2-3-10/h4-5,8-10,15,17-18H,2-3,6-7H2,1H3,(H,16,19). The summed E-state index contributed by atoms with van der Waals surface area (Å²) in [5.41, 5.74) is 0.709. The van der Waals surface area contributed by atoms with Crippen LogP contribution in [-0.4, -0.2) is 28.7 Å². The van der Waals surface area contributed by atoms with Gasteiger partial charge >= 0.3 is 0 Å². The lowest BCUT2D eigenvalue weighted by Crippen LogP contribution is -2.30. The molecule has 0 spiro atoms. The molecule has 104 valence electrons. The van der Waals surface area contributed by atoms with E-state index in [1.807, 2.05) is 6.92 Å². The van der Waals surface area contributed by atoms with Gasteiger partial charge in [0.05, 0.1) is 0 Å². The number of benzene rings is 1. The van der Waals surface area contributed by atoms with Crippen molar-refractivity contribution in [2.24, 2.45) is 0 Å². The summed E-state index contributed by atoms with van der Waals surface area (Å²) in [5, 5.41) is 25.0. The lowest BCUT2D eigenvalue weighted by atomic mass is 10.1. The molecule has 19 heavy (non-hydrogen) atoms. The molecule has 1 aliphatic carbocycles. The van der Waals surface area contributed by atoms with Crippen molar-refractivity contribution in [1.82, 2.24) is 10.6 Å². The van der Waals surface area contributed by atoms with Crippen molar-refractivity contribution < 1.29 is 15.0 Å². The maximum absolute atomic E-state index is 11.5. The Balaban J connectivity index is 1.76. The Kier molecular flexibility index (Phi) is 4.27. The van der Waals surface area contributed by atoms with E-state index in [1.165, 1.54) is 12.1 Å². The van der Waals surface area contributed by atoms with Crippen LogP contribution in [0.1, 0.15) is 37.8 Å². The highest BCUT2D eigenvalue weighted by atomic mass is 16.3. The molecule has 0 saturated heterocycles. The topological polar surface area (TPSA) is 81.6 Å².